The normalized spacial score (nSPS) is 20.6. The Labute approximate surface area is 207 Å². The molecule has 4 rings (SSSR count). The van der Waals surface area contributed by atoms with Gasteiger partial charge in [0.15, 0.2) is 0 Å². The summed E-state index contributed by atoms with van der Waals surface area (Å²) in [6.07, 6.45) is 2.75. The maximum absolute atomic E-state index is 13.9. The number of nitrogens with zero attached hydrogens (tertiary/aromatic N) is 3. The highest BCUT2D eigenvalue weighted by molar-refractivity contribution is 5.94. The van der Waals surface area contributed by atoms with Gasteiger partial charge in [0, 0.05) is 50.3 Å². The fraction of sp³-hybridized carbons (Fsp3) is 0.464. The fourth-order valence-corrected chi connectivity index (χ4v) is 5.23. The van der Waals surface area contributed by atoms with E-state index < -0.39 is 0 Å². The minimum absolute atomic E-state index is 0.00130. The van der Waals surface area contributed by atoms with Crippen LogP contribution in [0.3, 0.4) is 0 Å². The zero-order valence-corrected chi connectivity index (χ0v) is 20.7. The Morgan fingerprint density at radius 2 is 1.60 bits per heavy atom. The minimum atomic E-state index is -0.351. The van der Waals surface area contributed by atoms with Gasteiger partial charge in [-0.1, -0.05) is 49.7 Å². The Morgan fingerprint density at radius 3 is 2.29 bits per heavy atom. The quantitative estimate of drug-likeness (QED) is 0.609. The summed E-state index contributed by atoms with van der Waals surface area (Å²) >= 11 is 0. The first kappa shape index (κ1) is 24.8. The van der Waals surface area contributed by atoms with Gasteiger partial charge in [0.1, 0.15) is 5.75 Å². The van der Waals surface area contributed by atoms with Gasteiger partial charge in [-0.2, -0.15) is 0 Å². The summed E-state index contributed by atoms with van der Waals surface area (Å²) in [6, 6.07) is 16.6. The van der Waals surface area contributed by atoms with Crippen molar-refractivity contribution in [2.24, 2.45) is 5.92 Å². The Hall–Kier alpha value is -3.35. The van der Waals surface area contributed by atoms with Crippen LogP contribution in [0.25, 0.3) is 0 Å². The van der Waals surface area contributed by atoms with Crippen molar-refractivity contribution in [3.8, 4) is 5.75 Å². The molecule has 2 aromatic rings. The summed E-state index contributed by atoms with van der Waals surface area (Å²) in [6.45, 7) is 4.73. The molecule has 2 unspecified atom stereocenters. The molecule has 2 aliphatic heterocycles. The van der Waals surface area contributed by atoms with E-state index >= 15 is 0 Å². The average molecular weight is 478 g/mol. The van der Waals surface area contributed by atoms with Crippen LogP contribution < -0.4 is 4.74 Å². The zero-order valence-electron chi connectivity index (χ0n) is 20.7. The van der Waals surface area contributed by atoms with Crippen molar-refractivity contribution in [3.05, 3.63) is 65.7 Å². The number of rotatable bonds is 7. The molecule has 0 saturated carbocycles. The number of carbonyl (C=O) groups is 3. The van der Waals surface area contributed by atoms with Crippen LogP contribution in [0.1, 0.15) is 54.6 Å². The third-order valence-electron chi connectivity index (χ3n) is 7.13. The molecule has 3 amide bonds. The van der Waals surface area contributed by atoms with Gasteiger partial charge in [-0.25, -0.2) is 0 Å². The Morgan fingerprint density at radius 1 is 0.943 bits per heavy atom. The Kier molecular flexibility index (Phi) is 8.06. The van der Waals surface area contributed by atoms with E-state index in [0.29, 0.717) is 56.9 Å². The second-order valence-corrected chi connectivity index (χ2v) is 9.26. The molecule has 2 atom stereocenters. The highest BCUT2D eigenvalue weighted by Crippen LogP contribution is 2.41. The summed E-state index contributed by atoms with van der Waals surface area (Å²) in [4.78, 5) is 45.3. The van der Waals surface area contributed by atoms with Gasteiger partial charge in [0.2, 0.25) is 11.8 Å². The third-order valence-corrected chi connectivity index (χ3v) is 7.13. The number of likely N-dealkylation sites (tertiary alicyclic amines) is 1. The minimum Gasteiger partial charge on any atom is -0.496 e. The van der Waals surface area contributed by atoms with Crippen LogP contribution in [0.15, 0.2) is 54.6 Å². The van der Waals surface area contributed by atoms with Crippen LogP contribution in [-0.2, 0) is 9.59 Å². The molecule has 2 fully saturated rings. The monoisotopic (exact) mass is 477 g/mol. The topological polar surface area (TPSA) is 70.2 Å². The van der Waals surface area contributed by atoms with E-state index in [1.165, 1.54) is 0 Å². The maximum Gasteiger partial charge on any atom is 0.253 e. The molecule has 7 nitrogen and oxygen atoms in total. The van der Waals surface area contributed by atoms with Crippen molar-refractivity contribution < 1.29 is 19.1 Å². The lowest BCUT2D eigenvalue weighted by atomic mass is 9.82. The van der Waals surface area contributed by atoms with Crippen molar-refractivity contribution in [3.63, 3.8) is 0 Å². The van der Waals surface area contributed by atoms with Crippen molar-refractivity contribution in [2.75, 3.05) is 39.8 Å². The lowest BCUT2D eigenvalue weighted by Gasteiger charge is -2.44. The van der Waals surface area contributed by atoms with Crippen LogP contribution in [-0.4, -0.2) is 72.3 Å². The number of hydrogen-bond donors (Lipinski definition) is 0. The second-order valence-electron chi connectivity index (χ2n) is 9.26. The van der Waals surface area contributed by atoms with Gasteiger partial charge >= 0.3 is 0 Å². The molecule has 0 N–H and O–H groups in total. The summed E-state index contributed by atoms with van der Waals surface area (Å²) in [7, 11) is 1.62. The molecule has 2 aliphatic rings. The molecule has 2 aromatic carbocycles. The Bertz CT molecular complexity index is 1030. The van der Waals surface area contributed by atoms with Gasteiger partial charge in [0.05, 0.1) is 19.1 Å². The van der Waals surface area contributed by atoms with Crippen LogP contribution in [0.4, 0.5) is 0 Å². The molecule has 186 valence electrons. The number of amides is 3. The second kappa shape index (κ2) is 11.4. The fourth-order valence-electron chi connectivity index (χ4n) is 5.23. The first-order valence-corrected chi connectivity index (χ1v) is 12.6. The number of piperidine rings is 1. The molecule has 35 heavy (non-hydrogen) atoms. The molecule has 0 aromatic heterocycles. The lowest BCUT2D eigenvalue weighted by molar-refractivity contribution is -0.149. The van der Waals surface area contributed by atoms with E-state index in [1.807, 2.05) is 69.3 Å². The zero-order chi connectivity index (χ0) is 24.8. The van der Waals surface area contributed by atoms with E-state index in [2.05, 4.69) is 6.92 Å². The highest BCUT2D eigenvalue weighted by atomic mass is 16.5. The van der Waals surface area contributed by atoms with Gasteiger partial charge in [-0.15, -0.1) is 0 Å². The molecule has 0 aliphatic carbocycles. The summed E-state index contributed by atoms with van der Waals surface area (Å²) in [5.74, 6) is 0.513. The summed E-state index contributed by atoms with van der Waals surface area (Å²) in [5, 5.41) is 0. The molecule has 0 radical (unpaired) electrons. The first-order chi connectivity index (χ1) is 17.0. The lowest BCUT2D eigenvalue weighted by Crippen LogP contribution is -2.55. The van der Waals surface area contributed by atoms with Crippen molar-refractivity contribution in [1.29, 1.82) is 0 Å². The number of para-hydroxylation sites is 1. The molecule has 7 heteroatoms. The van der Waals surface area contributed by atoms with Gasteiger partial charge in [-0.05, 0) is 31.0 Å². The average Bonchev–Trinajstić information content (AvgIpc) is 2.92. The van der Waals surface area contributed by atoms with Crippen LogP contribution in [0.5, 0.6) is 5.75 Å². The van der Waals surface area contributed by atoms with Gasteiger partial charge in [0.25, 0.3) is 5.91 Å². The predicted molar refractivity (Wildman–Crippen MR) is 134 cm³/mol. The molecule has 0 spiro atoms. The van der Waals surface area contributed by atoms with Crippen LogP contribution >= 0.6 is 0 Å². The first-order valence-electron chi connectivity index (χ1n) is 12.6. The van der Waals surface area contributed by atoms with Crippen molar-refractivity contribution >= 4 is 17.7 Å². The SMILES string of the molecule is CCCCN1C(=O)CCC(C(=O)N2CCN(C(=O)c3ccccc3)CC2)C1c1ccccc1OC. The summed E-state index contributed by atoms with van der Waals surface area (Å²) in [5.41, 5.74) is 1.55. The van der Waals surface area contributed by atoms with Crippen LogP contribution in [0.2, 0.25) is 0 Å². The molecule has 0 bridgehead atoms. The largest absolute Gasteiger partial charge is 0.496 e. The Balaban J connectivity index is 1.53. The number of hydrogen-bond acceptors (Lipinski definition) is 4. The van der Waals surface area contributed by atoms with E-state index in [9.17, 15) is 14.4 Å². The highest BCUT2D eigenvalue weighted by Gasteiger charge is 2.43. The molecule has 2 heterocycles. The van der Waals surface area contributed by atoms with Gasteiger partial charge < -0.3 is 19.4 Å². The molecular formula is C28H35N3O4. The standard InChI is InChI=1S/C28H35N3O4/c1-3-4-16-31-25(32)15-14-23(26(31)22-12-8-9-13-24(22)35-2)28(34)30-19-17-29(18-20-30)27(33)21-10-6-5-7-11-21/h5-13,23,26H,3-4,14-20H2,1-2H3. The number of unbranched alkanes of at least 4 members (excludes halogenated alkanes) is 1. The number of ether oxygens (including phenoxy) is 1. The van der Waals surface area contributed by atoms with E-state index in [-0.39, 0.29) is 29.7 Å². The predicted octanol–water partition coefficient (Wildman–Crippen LogP) is 3.76. The van der Waals surface area contributed by atoms with Crippen LogP contribution in [0, 0.1) is 5.92 Å². The third kappa shape index (κ3) is 5.34. The number of piperazine rings is 1. The maximum atomic E-state index is 13.9. The number of carbonyl (C=O) groups excluding carboxylic acids is 3. The molecule has 2 saturated heterocycles. The number of methoxy groups -OCH3 is 1. The smallest absolute Gasteiger partial charge is 0.253 e. The van der Waals surface area contributed by atoms with Crippen molar-refractivity contribution in [2.45, 2.75) is 38.6 Å². The summed E-state index contributed by atoms with van der Waals surface area (Å²) < 4.78 is 5.64. The van der Waals surface area contributed by atoms with E-state index in [4.69, 9.17) is 4.74 Å². The van der Waals surface area contributed by atoms with E-state index in [1.54, 1.807) is 7.11 Å². The molecular weight excluding hydrogens is 442 g/mol. The van der Waals surface area contributed by atoms with Gasteiger partial charge in [-0.3, -0.25) is 14.4 Å². The van der Waals surface area contributed by atoms with Crippen molar-refractivity contribution in [1.82, 2.24) is 14.7 Å². The number of benzene rings is 2. The van der Waals surface area contributed by atoms with E-state index in [0.717, 1.165) is 18.4 Å².